The Labute approximate surface area is 134 Å². The maximum Gasteiger partial charge on any atom is 0.0593 e. The van der Waals surface area contributed by atoms with Gasteiger partial charge in [-0.2, -0.15) is 0 Å². The Bertz CT molecular complexity index is 583. The second kappa shape index (κ2) is 7.14. The third-order valence-corrected chi connectivity index (χ3v) is 4.70. The van der Waals surface area contributed by atoms with Crippen molar-refractivity contribution in [3.8, 4) is 0 Å². The highest BCUT2D eigenvalue weighted by molar-refractivity contribution is 9.10. The zero-order chi connectivity index (χ0) is 14.5. The second-order valence-corrected chi connectivity index (χ2v) is 6.37. The molecule has 106 valence electrons. The lowest BCUT2D eigenvalue weighted by atomic mass is 10.0. The Balaban J connectivity index is 1.92. The number of anilines is 1. The highest BCUT2D eigenvalue weighted by atomic mass is 79.9. The third-order valence-electron chi connectivity index (χ3n) is 3.30. The minimum Gasteiger partial charge on any atom is -0.382 e. The Morgan fingerprint density at radius 1 is 1.20 bits per heavy atom. The van der Waals surface area contributed by atoms with Crippen LogP contribution in [-0.4, -0.2) is 6.04 Å². The van der Waals surface area contributed by atoms with Crippen LogP contribution in [0.5, 0.6) is 0 Å². The zero-order valence-electron chi connectivity index (χ0n) is 11.8. The van der Waals surface area contributed by atoms with Crippen molar-refractivity contribution in [3.05, 3.63) is 63.1 Å². The van der Waals surface area contributed by atoms with Crippen LogP contribution in [0.1, 0.15) is 24.5 Å². The van der Waals surface area contributed by atoms with Crippen LogP contribution >= 0.6 is 27.5 Å². The number of aryl methyl sites for hydroxylation is 2. The fourth-order valence-corrected chi connectivity index (χ4v) is 2.76. The molecule has 0 bridgehead atoms. The molecule has 0 amide bonds. The first-order valence-corrected chi connectivity index (χ1v) is 7.99. The number of nitrogens with one attached hydrogen (secondary N) is 1. The summed E-state index contributed by atoms with van der Waals surface area (Å²) >= 11 is 9.62. The van der Waals surface area contributed by atoms with Gasteiger partial charge in [0.05, 0.1) is 15.2 Å². The number of rotatable bonds is 5. The predicted octanol–water partition coefficient (Wildman–Crippen LogP) is 5.84. The summed E-state index contributed by atoms with van der Waals surface area (Å²) in [5.74, 6) is 0. The molecule has 0 aliphatic rings. The van der Waals surface area contributed by atoms with Crippen LogP contribution in [0.25, 0.3) is 0 Å². The largest absolute Gasteiger partial charge is 0.382 e. The van der Waals surface area contributed by atoms with Crippen LogP contribution in [0, 0.1) is 6.92 Å². The summed E-state index contributed by atoms with van der Waals surface area (Å²) in [6.45, 7) is 4.33. The molecule has 0 fully saturated rings. The van der Waals surface area contributed by atoms with Crippen molar-refractivity contribution in [3.63, 3.8) is 0 Å². The Morgan fingerprint density at radius 3 is 2.70 bits per heavy atom. The molecule has 1 unspecified atom stereocenters. The molecule has 0 aromatic heterocycles. The van der Waals surface area contributed by atoms with Gasteiger partial charge in [0.1, 0.15) is 0 Å². The van der Waals surface area contributed by atoms with Crippen LogP contribution in [-0.2, 0) is 6.42 Å². The lowest BCUT2D eigenvalue weighted by Crippen LogP contribution is -2.16. The smallest absolute Gasteiger partial charge is 0.0593 e. The molecule has 0 radical (unpaired) electrons. The maximum absolute atomic E-state index is 6.10. The van der Waals surface area contributed by atoms with Gasteiger partial charge in [-0.25, -0.2) is 0 Å². The molecule has 0 aliphatic heterocycles. The van der Waals surface area contributed by atoms with Crippen molar-refractivity contribution >= 4 is 33.2 Å². The van der Waals surface area contributed by atoms with Crippen LogP contribution < -0.4 is 5.32 Å². The van der Waals surface area contributed by atoms with Crippen molar-refractivity contribution in [1.82, 2.24) is 0 Å². The fraction of sp³-hybridized carbons (Fsp3) is 0.294. The van der Waals surface area contributed by atoms with E-state index < -0.39 is 0 Å². The zero-order valence-corrected chi connectivity index (χ0v) is 14.1. The van der Waals surface area contributed by atoms with Crippen LogP contribution in [0.3, 0.4) is 0 Å². The van der Waals surface area contributed by atoms with Gasteiger partial charge in [-0.3, -0.25) is 0 Å². The highest BCUT2D eigenvalue weighted by Crippen LogP contribution is 2.30. The quantitative estimate of drug-likeness (QED) is 0.712. The number of hydrogen-bond acceptors (Lipinski definition) is 1. The minimum atomic E-state index is 0.394. The molecule has 0 aliphatic carbocycles. The summed E-state index contributed by atoms with van der Waals surface area (Å²) in [5, 5.41) is 4.24. The van der Waals surface area contributed by atoms with Crippen LogP contribution in [0.2, 0.25) is 5.02 Å². The summed E-state index contributed by atoms with van der Waals surface area (Å²) in [4.78, 5) is 0. The summed E-state index contributed by atoms with van der Waals surface area (Å²) in [5.41, 5.74) is 3.76. The first-order chi connectivity index (χ1) is 9.56. The summed E-state index contributed by atoms with van der Waals surface area (Å²) in [6.07, 6.45) is 2.16. The molecule has 0 spiro atoms. The average molecular weight is 353 g/mol. The molecule has 20 heavy (non-hydrogen) atoms. The molecular weight excluding hydrogens is 334 g/mol. The average Bonchev–Trinajstić information content (AvgIpc) is 2.42. The molecule has 2 rings (SSSR count). The van der Waals surface area contributed by atoms with E-state index in [-0.39, 0.29) is 0 Å². The molecule has 2 aromatic carbocycles. The fourth-order valence-electron chi connectivity index (χ4n) is 2.20. The van der Waals surface area contributed by atoms with Gasteiger partial charge in [-0.15, -0.1) is 0 Å². The van der Waals surface area contributed by atoms with Gasteiger partial charge in [0, 0.05) is 6.04 Å². The lowest BCUT2D eigenvalue weighted by Gasteiger charge is -2.17. The molecule has 1 N–H and O–H groups in total. The summed E-state index contributed by atoms with van der Waals surface area (Å²) < 4.78 is 0.934. The second-order valence-electron chi connectivity index (χ2n) is 5.17. The van der Waals surface area contributed by atoms with Gasteiger partial charge >= 0.3 is 0 Å². The summed E-state index contributed by atoms with van der Waals surface area (Å²) in [6, 6.07) is 15.0. The number of benzene rings is 2. The lowest BCUT2D eigenvalue weighted by molar-refractivity contribution is 0.705. The topological polar surface area (TPSA) is 12.0 Å². The minimum absolute atomic E-state index is 0.394. The molecule has 1 atom stereocenters. The first kappa shape index (κ1) is 15.4. The van der Waals surface area contributed by atoms with Crippen molar-refractivity contribution in [1.29, 1.82) is 0 Å². The Morgan fingerprint density at radius 2 is 1.95 bits per heavy atom. The Kier molecular flexibility index (Phi) is 5.50. The molecule has 0 saturated heterocycles. The van der Waals surface area contributed by atoms with E-state index in [1.54, 1.807) is 0 Å². The molecular formula is C17H19BrClN. The van der Waals surface area contributed by atoms with E-state index >= 15 is 0 Å². The molecule has 0 saturated carbocycles. The van der Waals surface area contributed by atoms with Gasteiger partial charge < -0.3 is 5.32 Å². The van der Waals surface area contributed by atoms with E-state index in [9.17, 15) is 0 Å². The van der Waals surface area contributed by atoms with E-state index in [4.69, 9.17) is 11.6 Å². The van der Waals surface area contributed by atoms with Crippen LogP contribution in [0.15, 0.2) is 46.9 Å². The van der Waals surface area contributed by atoms with Crippen molar-refractivity contribution in [2.24, 2.45) is 0 Å². The van der Waals surface area contributed by atoms with Crippen LogP contribution in [0.4, 0.5) is 5.69 Å². The van der Waals surface area contributed by atoms with Gasteiger partial charge in [-0.1, -0.05) is 47.5 Å². The molecule has 2 aromatic rings. The van der Waals surface area contributed by atoms with E-state index in [2.05, 4.69) is 59.4 Å². The normalized spacial score (nSPS) is 12.2. The van der Waals surface area contributed by atoms with E-state index in [0.29, 0.717) is 6.04 Å². The van der Waals surface area contributed by atoms with E-state index in [0.717, 1.165) is 28.0 Å². The standard InChI is InChI=1S/C17H19BrClN/c1-12-5-3-6-14(11-12)10-9-13(2)20-16-8-4-7-15(19)17(16)18/h3-8,11,13,20H,9-10H2,1-2H3. The monoisotopic (exact) mass is 351 g/mol. The highest BCUT2D eigenvalue weighted by Gasteiger charge is 2.07. The summed E-state index contributed by atoms with van der Waals surface area (Å²) in [7, 11) is 0. The van der Waals surface area contributed by atoms with E-state index in [1.165, 1.54) is 11.1 Å². The maximum atomic E-state index is 6.10. The van der Waals surface area contributed by atoms with Crippen molar-refractivity contribution < 1.29 is 0 Å². The van der Waals surface area contributed by atoms with Gasteiger partial charge in [0.15, 0.2) is 0 Å². The van der Waals surface area contributed by atoms with Gasteiger partial charge in [0.2, 0.25) is 0 Å². The predicted molar refractivity (Wildman–Crippen MR) is 91.7 cm³/mol. The van der Waals surface area contributed by atoms with Gasteiger partial charge in [0.25, 0.3) is 0 Å². The van der Waals surface area contributed by atoms with E-state index in [1.807, 2.05) is 18.2 Å². The SMILES string of the molecule is Cc1cccc(CCC(C)Nc2cccc(Cl)c2Br)c1. The third kappa shape index (κ3) is 4.26. The number of hydrogen-bond donors (Lipinski definition) is 1. The molecule has 1 nitrogen and oxygen atoms in total. The Hall–Kier alpha value is -0.990. The molecule has 3 heteroatoms. The molecule has 0 heterocycles. The van der Waals surface area contributed by atoms with Gasteiger partial charge in [-0.05, 0) is 60.3 Å². The van der Waals surface area contributed by atoms with Crippen molar-refractivity contribution in [2.45, 2.75) is 32.7 Å². The van der Waals surface area contributed by atoms with Crippen molar-refractivity contribution in [2.75, 3.05) is 5.32 Å². The number of halogens is 2. The first-order valence-electron chi connectivity index (χ1n) is 6.82.